The first kappa shape index (κ1) is 5.81. The van der Waals surface area contributed by atoms with E-state index in [1.54, 1.807) is 6.21 Å². The third-order valence-electron chi connectivity index (χ3n) is 1.78. The van der Waals surface area contributed by atoms with Crippen LogP contribution >= 0.6 is 23.2 Å². The Bertz CT molecular complexity index is 161. The van der Waals surface area contributed by atoms with E-state index in [9.17, 15) is 0 Å². The molecule has 0 saturated heterocycles. The second kappa shape index (κ2) is 1.77. The van der Waals surface area contributed by atoms with E-state index in [0.29, 0.717) is 0 Å². The minimum Gasteiger partial charge on any atom is -0.390 e. The largest absolute Gasteiger partial charge is 0.390 e. The minimum atomic E-state index is -0.0563. The summed E-state index contributed by atoms with van der Waals surface area (Å²) < 4.78 is 0. The molecule has 0 aromatic rings. The molecule has 1 heterocycles. The van der Waals surface area contributed by atoms with Crippen molar-refractivity contribution in [3.8, 4) is 0 Å². The fraction of sp³-hybridized carbons (Fsp3) is 0.800. The molecule has 4 atom stereocenters. The van der Waals surface area contributed by atoms with Crippen molar-refractivity contribution in [1.29, 1.82) is 0 Å². The molecule has 0 aromatic heterocycles. The fourth-order valence-electron chi connectivity index (χ4n) is 1.11. The van der Waals surface area contributed by atoms with Gasteiger partial charge < -0.3 is 4.84 Å². The average molecular weight is 166 g/mol. The zero-order valence-electron chi connectivity index (χ0n) is 4.50. The van der Waals surface area contributed by atoms with E-state index >= 15 is 0 Å². The lowest BCUT2D eigenvalue weighted by Crippen LogP contribution is -2.52. The molecule has 1 fully saturated rings. The molecule has 2 rings (SSSR count). The molecular weight excluding hydrogens is 161 g/mol. The van der Waals surface area contributed by atoms with Gasteiger partial charge in [-0.3, -0.25) is 0 Å². The molecule has 2 nitrogen and oxygen atoms in total. The predicted molar refractivity (Wildman–Crippen MR) is 36.1 cm³/mol. The maximum absolute atomic E-state index is 5.80. The molecule has 0 amide bonds. The molecule has 1 aliphatic heterocycles. The van der Waals surface area contributed by atoms with Crippen LogP contribution < -0.4 is 0 Å². The molecule has 0 unspecified atom stereocenters. The van der Waals surface area contributed by atoms with Crippen molar-refractivity contribution in [3.63, 3.8) is 0 Å². The van der Waals surface area contributed by atoms with Gasteiger partial charge in [0.25, 0.3) is 0 Å². The van der Waals surface area contributed by atoms with Crippen LogP contribution in [0, 0.1) is 5.92 Å². The zero-order valence-corrected chi connectivity index (χ0v) is 6.01. The van der Waals surface area contributed by atoms with Crippen LogP contribution in [0.15, 0.2) is 5.16 Å². The maximum Gasteiger partial charge on any atom is 0.154 e. The number of halogens is 2. The van der Waals surface area contributed by atoms with Crippen molar-refractivity contribution in [2.45, 2.75) is 16.9 Å². The Morgan fingerprint density at radius 3 is 2.78 bits per heavy atom. The first-order chi connectivity index (χ1) is 4.30. The molecule has 0 radical (unpaired) electrons. The van der Waals surface area contributed by atoms with Crippen LogP contribution in [0.4, 0.5) is 0 Å². The van der Waals surface area contributed by atoms with E-state index in [2.05, 4.69) is 5.16 Å². The number of oxime groups is 1. The van der Waals surface area contributed by atoms with Gasteiger partial charge in [-0.25, -0.2) is 0 Å². The molecule has 2 aliphatic rings. The lowest BCUT2D eigenvalue weighted by molar-refractivity contribution is 0.0168. The van der Waals surface area contributed by atoms with Crippen LogP contribution in [-0.4, -0.2) is 23.1 Å². The highest BCUT2D eigenvalue weighted by molar-refractivity contribution is 6.33. The van der Waals surface area contributed by atoms with Gasteiger partial charge in [-0.15, -0.1) is 23.2 Å². The van der Waals surface area contributed by atoms with E-state index in [1.807, 2.05) is 0 Å². The minimum absolute atomic E-state index is 0.0166. The lowest BCUT2D eigenvalue weighted by Gasteiger charge is -2.37. The number of hydrogen-bond donors (Lipinski definition) is 0. The van der Waals surface area contributed by atoms with Crippen molar-refractivity contribution in [1.82, 2.24) is 0 Å². The molecule has 0 N–H and O–H groups in total. The van der Waals surface area contributed by atoms with Crippen molar-refractivity contribution in [2.75, 3.05) is 0 Å². The molecular formula is C5H5Cl2NO. The van der Waals surface area contributed by atoms with Gasteiger partial charge in [0.2, 0.25) is 0 Å². The van der Waals surface area contributed by atoms with Gasteiger partial charge >= 0.3 is 0 Å². The lowest BCUT2D eigenvalue weighted by atomic mass is 9.82. The smallest absolute Gasteiger partial charge is 0.154 e. The summed E-state index contributed by atoms with van der Waals surface area (Å²) in [6.07, 6.45) is 1.77. The maximum atomic E-state index is 5.80. The summed E-state index contributed by atoms with van der Waals surface area (Å²) in [5, 5.41) is 3.58. The highest BCUT2D eigenvalue weighted by atomic mass is 35.5. The van der Waals surface area contributed by atoms with Crippen LogP contribution in [0.5, 0.6) is 0 Å². The molecule has 0 spiro atoms. The van der Waals surface area contributed by atoms with Gasteiger partial charge in [-0.05, 0) is 0 Å². The number of alkyl halides is 2. The van der Waals surface area contributed by atoms with Crippen molar-refractivity contribution in [2.24, 2.45) is 11.1 Å². The van der Waals surface area contributed by atoms with Gasteiger partial charge in [0.15, 0.2) is 6.10 Å². The first-order valence-corrected chi connectivity index (χ1v) is 3.65. The standard InChI is InChI=1S/C5H5Cl2NO/c6-3-2-1-8-9-5(2)4(3)7/h1-5H/t2-,3+,4+,5-/m1/s1. The van der Waals surface area contributed by atoms with Crippen LogP contribution in [0.25, 0.3) is 0 Å². The van der Waals surface area contributed by atoms with Crippen molar-refractivity contribution < 1.29 is 4.84 Å². The van der Waals surface area contributed by atoms with E-state index < -0.39 is 0 Å². The summed E-state index contributed by atoms with van der Waals surface area (Å²) in [6, 6.07) is 0. The normalized spacial score (nSPS) is 54.0. The van der Waals surface area contributed by atoms with Crippen LogP contribution in [0.3, 0.4) is 0 Å². The number of hydrogen-bond acceptors (Lipinski definition) is 2. The highest BCUT2D eigenvalue weighted by Crippen LogP contribution is 2.41. The topological polar surface area (TPSA) is 21.6 Å². The van der Waals surface area contributed by atoms with Crippen molar-refractivity contribution >= 4 is 29.4 Å². The SMILES string of the molecule is Cl[C@@H]1[C@H](Cl)[C@@H]2ON=C[C@H]12. The van der Waals surface area contributed by atoms with Gasteiger partial charge in [-0.1, -0.05) is 5.16 Å². The monoisotopic (exact) mass is 165 g/mol. The van der Waals surface area contributed by atoms with E-state index in [-0.39, 0.29) is 22.8 Å². The van der Waals surface area contributed by atoms with Crippen LogP contribution in [0.1, 0.15) is 0 Å². The van der Waals surface area contributed by atoms with E-state index in [4.69, 9.17) is 28.0 Å². The molecule has 0 aromatic carbocycles. The Labute approximate surface area is 62.8 Å². The van der Waals surface area contributed by atoms with Crippen molar-refractivity contribution in [3.05, 3.63) is 0 Å². The average Bonchev–Trinajstić information content (AvgIpc) is 2.30. The fourth-order valence-corrected chi connectivity index (χ4v) is 1.85. The molecule has 4 heteroatoms. The van der Waals surface area contributed by atoms with Gasteiger partial charge in [0.1, 0.15) is 0 Å². The van der Waals surface area contributed by atoms with Gasteiger partial charge in [0, 0.05) is 0 Å². The first-order valence-electron chi connectivity index (χ1n) is 2.78. The molecule has 0 bridgehead atoms. The predicted octanol–water partition coefficient (Wildman–Crippen LogP) is 1.22. The molecule has 1 saturated carbocycles. The highest BCUT2D eigenvalue weighted by Gasteiger charge is 2.52. The number of rotatable bonds is 0. The third-order valence-corrected chi connectivity index (χ3v) is 2.99. The Morgan fingerprint density at radius 2 is 2.11 bits per heavy atom. The quantitative estimate of drug-likeness (QED) is 0.495. The van der Waals surface area contributed by atoms with Gasteiger partial charge in [-0.2, -0.15) is 0 Å². The molecule has 9 heavy (non-hydrogen) atoms. The third kappa shape index (κ3) is 0.606. The second-order valence-corrected chi connectivity index (χ2v) is 3.30. The van der Waals surface area contributed by atoms with E-state index in [1.165, 1.54) is 0 Å². The van der Waals surface area contributed by atoms with Crippen LogP contribution in [0.2, 0.25) is 0 Å². The molecule has 50 valence electrons. The second-order valence-electron chi connectivity index (χ2n) is 2.29. The molecule has 1 aliphatic carbocycles. The Balaban J connectivity index is 2.12. The Morgan fingerprint density at radius 1 is 1.33 bits per heavy atom. The van der Waals surface area contributed by atoms with Gasteiger partial charge in [0.05, 0.1) is 22.9 Å². The Kier molecular flexibility index (Phi) is 1.14. The zero-order chi connectivity index (χ0) is 6.43. The van der Waals surface area contributed by atoms with Crippen LogP contribution in [-0.2, 0) is 4.84 Å². The summed E-state index contributed by atoms with van der Waals surface area (Å²) in [5.41, 5.74) is 0. The summed E-state index contributed by atoms with van der Waals surface area (Å²) in [4.78, 5) is 4.89. The number of nitrogens with zero attached hydrogens (tertiary/aromatic N) is 1. The summed E-state index contributed by atoms with van der Waals surface area (Å²) in [5.74, 6) is 0.258. The van der Waals surface area contributed by atoms with E-state index in [0.717, 1.165) is 0 Å². The Hall–Kier alpha value is 0.0500. The summed E-state index contributed by atoms with van der Waals surface area (Å²) in [6.45, 7) is 0. The summed E-state index contributed by atoms with van der Waals surface area (Å²) >= 11 is 11.6. The summed E-state index contributed by atoms with van der Waals surface area (Å²) in [7, 11) is 0. The number of fused-ring (bicyclic) bond motifs is 1.